The van der Waals surface area contributed by atoms with Crippen LogP contribution in [0.5, 0.6) is 0 Å². The van der Waals surface area contributed by atoms with Gasteiger partial charge in [0, 0.05) is 0 Å². The van der Waals surface area contributed by atoms with Crippen LogP contribution in [0.25, 0.3) is 6.08 Å². The molecule has 0 heterocycles. The van der Waals surface area contributed by atoms with Crippen LogP contribution in [-0.4, -0.2) is 0 Å². The van der Waals surface area contributed by atoms with E-state index < -0.39 is 0 Å². The number of halogens is 2. The van der Waals surface area contributed by atoms with Gasteiger partial charge in [-0.15, -0.1) is 47.5 Å². The first kappa shape index (κ1) is 15.9. The van der Waals surface area contributed by atoms with Gasteiger partial charge in [0.05, 0.1) is 0 Å². The fourth-order valence-corrected chi connectivity index (χ4v) is 1.35. The molecule has 1 radical (unpaired) electrons. The zero-order valence-electron chi connectivity index (χ0n) is 7.22. The van der Waals surface area contributed by atoms with Gasteiger partial charge < -0.3 is 24.8 Å². The van der Waals surface area contributed by atoms with E-state index >= 15 is 0 Å². The molecule has 1 aromatic carbocycles. The predicted molar refractivity (Wildman–Crippen MR) is 42.7 cm³/mol. The Morgan fingerprint density at radius 1 is 1.31 bits per heavy atom. The molecular formula is C10H9Cl2Zr. The van der Waals surface area contributed by atoms with Crippen LogP contribution in [0.1, 0.15) is 24.0 Å². The third kappa shape index (κ3) is 3.24. The molecule has 1 atom stereocenters. The molecule has 0 nitrogen and oxygen atoms in total. The molecule has 67 valence electrons. The molecule has 0 bridgehead atoms. The number of hydrogen-bond donors (Lipinski definition) is 0. The standard InChI is InChI=1S/C10H9.2ClH.Zr/c1-8-6-7-9-4-2-3-5-10(8)9;;;/h2-3,5-8H,1H3;2*1H;/q-1;;;+3/p-2. The minimum Gasteiger partial charge on any atom is -1.00 e. The summed E-state index contributed by atoms with van der Waals surface area (Å²) in [5, 5.41) is 0. The molecule has 1 unspecified atom stereocenters. The Hall–Kier alpha value is 0.423. The van der Waals surface area contributed by atoms with Crippen molar-refractivity contribution in [3.05, 3.63) is 41.5 Å². The average molecular weight is 291 g/mol. The van der Waals surface area contributed by atoms with E-state index in [2.05, 4.69) is 31.2 Å². The molecular weight excluding hydrogens is 282 g/mol. The summed E-state index contributed by atoms with van der Waals surface area (Å²) in [6.07, 6.45) is 4.35. The number of rotatable bonds is 0. The zero-order valence-corrected chi connectivity index (χ0v) is 11.2. The van der Waals surface area contributed by atoms with E-state index in [1.165, 1.54) is 11.1 Å². The van der Waals surface area contributed by atoms with Gasteiger partial charge in [-0.2, -0.15) is 0 Å². The maximum atomic E-state index is 3.19. The van der Waals surface area contributed by atoms with E-state index in [4.69, 9.17) is 0 Å². The van der Waals surface area contributed by atoms with Crippen LogP contribution in [0.3, 0.4) is 0 Å². The van der Waals surface area contributed by atoms with Gasteiger partial charge in [0.1, 0.15) is 0 Å². The van der Waals surface area contributed by atoms with Gasteiger partial charge in [0.25, 0.3) is 0 Å². The maximum Gasteiger partial charge on any atom is 3.00 e. The molecule has 0 amide bonds. The second-order valence-corrected chi connectivity index (χ2v) is 2.69. The van der Waals surface area contributed by atoms with Crippen LogP contribution in [0, 0.1) is 6.07 Å². The first-order valence-electron chi connectivity index (χ1n) is 3.57. The summed E-state index contributed by atoms with van der Waals surface area (Å²) in [4.78, 5) is 0. The second-order valence-electron chi connectivity index (χ2n) is 2.69. The van der Waals surface area contributed by atoms with Gasteiger partial charge >= 0.3 is 26.2 Å². The van der Waals surface area contributed by atoms with E-state index in [-0.39, 0.29) is 51.0 Å². The topological polar surface area (TPSA) is 0 Å². The third-order valence-corrected chi connectivity index (χ3v) is 1.96. The molecule has 1 aliphatic carbocycles. The molecule has 0 aromatic heterocycles. The predicted octanol–water partition coefficient (Wildman–Crippen LogP) is -3.38. The SMILES string of the molecule is CC1C=Cc2[c-]cccc21.[Cl-].[Cl-].[Zr+3]. The average Bonchev–Trinajstić information content (AvgIpc) is 2.34. The maximum absolute atomic E-state index is 3.19. The molecule has 3 heteroatoms. The van der Waals surface area contributed by atoms with E-state index in [9.17, 15) is 0 Å². The van der Waals surface area contributed by atoms with Crippen molar-refractivity contribution >= 4 is 6.08 Å². The number of hydrogen-bond acceptors (Lipinski definition) is 0. The third-order valence-electron chi connectivity index (χ3n) is 1.96. The first-order chi connectivity index (χ1) is 4.88. The summed E-state index contributed by atoms with van der Waals surface area (Å²) >= 11 is 0. The Kier molecular flexibility index (Phi) is 8.32. The van der Waals surface area contributed by atoms with E-state index in [1.807, 2.05) is 12.1 Å². The normalized spacial score (nSPS) is 16.2. The Labute approximate surface area is 111 Å². The smallest absolute Gasteiger partial charge is 1.00 e. The van der Waals surface area contributed by atoms with Crippen LogP contribution < -0.4 is 24.8 Å². The van der Waals surface area contributed by atoms with Crippen molar-refractivity contribution in [2.75, 3.05) is 0 Å². The second kappa shape index (κ2) is 6.81. The Bertz CT molecular complexity index is 284. The molecule has 13 heavy (non-hydrogen) atoms. The van der Waals surface area contributed by atoms with Gasteiger partial charge in [-0.25, -0.2) is 0 Å². The summed E-state index contributed by atoms with van der Waals surface area (Å²) in [6, 6.07) is 9.36. The summed E-state index contributed by atoms with van der Waals surface area (Å²) in [6.45, 7) is 2.20. The van der Waals surface area contributed by atoms with Crippen molar-refractivity contribution in [3.8, 4) is 0 Å². The van der Waals surface area contributed by atoms with Gasteiger partial charge in [-0.1, -0.05) is 6.92 Å². The van der Waals surface area contributed by atoms with Crippen molar-refractivity contribution in [1.29, 1.82) is 0 Å². The molecule has 1 aromatic rings. The van der Waals surface area contributed by atoms with Crippen molar-refractivity contribution in [3.63, 3.8) is 0 Å². The fourth-order valence-electron chi connectivity index (χ4n) is 1.35. The summed E-state index contributed by atoms with van der Waals surface area (Å²) in [5.74, 6) is 0.590. The molecule has 0 fully saturated rings. The number of benzene rings is 1. The van der Waals surface area contributed by atoms with Crippen LogP contribution in [0.4, 0.5) is 0 Å². The van der Waals surface area contributed by atoms with Crippen LogP contribution in [-0.2, 0) is 26.2 Å². The minimum absolute atomic E-state index is 0. The van der Waals surface area contributed by atoms with Crippen molar-refractivity contribution in [2.45, 2.75) is 12.8 Å². The van der Waals surface area contributed by atoms with Gasteiger partial charge in [-0.05, 0) is 5.92 Å². The molecule has 0 saturated heterocycles. The summed E-state index contributed by atoms with van der Waals surface area (Å²) in [5.41, 5.74) is 2.66. The molecule has 0 saturated carbocycles. The fraction of sp³-hybridized carbons (Fsp3) is 0.200. The first-order valence-corrected chi connectivity index (χ1v) is 3.57. The molecule has 0 N–H and O–H groups in total. The number of fused-ring (bicyclic) bond motifs is 1. The minimum atomic E-state index is 0. The number of allylic oxidation sites excluding steroid dienone is 1. The summed E-state index contributed by atoms with van der Waals surface area (Å²) < 4.78 is 0. The largest absolute Gasteiger partial charge is 3.00 e. The van der Waals surface area contributed by atoms with Crippen molar-refractivity contribution in [1.82, 2.24) is 0 Å². The molecule has 0 aliphatic heterocycles. The quantitative estimate of drug-likeness (QED) is 0.438. The van der Waals surface area contributed by atoms with Crippen LogP contribution >= 0.6 is 0 Å². The Balaban J connectivity index is 0. The van der Waals surface area contributed by atoms with E-state index in [0.717, 1.165) is 0 Å². The van der Waals surface area contributed by atoms with Gasteiger partial charge in [0.15, 0.2) is 0 Å². The monoisotopic (exact) mass is 289 g/mol. The van der Waals surface area contributed by atoms with Crippen molar-refractivity contribution < 1.29 is 51.0 Å². The summed E-state index contributed by atoms with van der Waals surface area (Å²) in [7, 11) is 0. The Morgan fingerprint density at radius 2 is 2.00 bits per heavy atom. The molecule has 2 rings (SSSR count). The van der Waals surface area contributed by atoms with Crippen LogP contribution in [0.2, 0.25) is 0 Å². The van der Waals surface area contributed by atoms with E-state index in [1.54, 1.807) is 0 Å². The van der Waals surface area contributed by atoms with E-state index in [0.29, 0.717) is 5.92 Å². The Morgan fingerprint density at radius 3 is 2.62 bits per heavy atom. The van der Waals surface area contributed by atoms with Crippen LogP contribution in [0.15, 0.2) is 24.3 Å². The molecule has 0 spiro atoms. The zero-order chi connectivity index (χ0) is 6.97. The van der Waals surface area contributed by atoms with Crippen molar-refractivity contribution in [2.24, 2.45) is 0 Å². The van der Waals surface area contributed by atoms with Gasteiger partial charge in [0.2, 0.25) is 0 Å². The molecule has 1 aliphatic rings. The van der Waals surface area contributed by atoms with Gasteiger partial charge in [-0.3, -0.25) is 0 Å².